The lowest BCUT2D eigenvalue weighted by Crippen LogP contribution is -2.29. The van der Waals surface area contributed by atoms with Crippen molar-refractivity contribution in [2.24, 2.45) is 0 Å². The highest BCUT2D eigenvalue weighted by Gasteiger charge is 2.18. The predicted molar refractivity (Wildman–Crippen MR) is 75.5 cm³/mol. The fourth-order valence-electron chi connectivity index (χ4n) is 1.77. The van der Waals surface area contributed by atoms with Crippen molar-refractivity contribution in [3.63, 3.8) is 0 Å². The molecule has 0 spiro atoms. The van der Waals surface area contributed by atoms with Gasteiger partial charge in [-0.05, 0) is 0 Å². The van der Waals surface area contributed by atoms with Crippen molar-refractivity contribution in [2.75, 3.05) is 20.7 Å². The number of methoxy groups -OCH3 is 1. The minimum absolute atomic E-state index is 0.141. The molecule has 110 valence electrons. The first-order valence-corrected chi connectivity index (χ1v) is 6.46. The largest absolute Gasteiger partial charge is 0.469 e. The van der Waals surface area contributed by atoms with E-state index in [1.165, 1.54) is 12.0 Å². The van der Waals surface area contributed by atoms with Gasteiger partial charge in [0.25, 0.3) is 5.91 Å². The molecule has 0 N–H and O–H groups in total. The molecule has 1 amide bonds. The molecule has 6 heteroatoms. The molecule has 0 bridgehead atoms. The molecule has 2 rings (SSSR count). The van der Waals surface area contributed by atoms with Crippen LogP contribution in [0.3, 0.4) is 0 Å². The van der Waals surface area contributed by atoms with Gasteiger partial charge in [0.2, 0.25) is 0 Å². The second kappa shape index (κ2) is 6.69. The Bertz CT molecular complexity index is 622. The van der Waals surface area contributed by atoms with Crippen LogP contribution in [-0.4, -0.2) is 42.6 Å². The molecule has 0 aliphatic carbocycles. The highest BCUT2D eigenvalue weighted by atomic mass is 16.5. The molecule has 1 aromatic heterocycles. The van der Waals surface area contributed by atoms with E-state index >= 15 is 0 Å². The highest BCUT2D eigenvalue weighted by Crippen LogP contribution is 2.20. The van der Waals surface area contributed by atoms with Crippen LogP contribution in [0.15, 0.2) is 40.9 Å². The summed E-state index contributed by atoms with van der Waals surface area (Å²) in [6.07, 6.45) is 0.141. The minimum Gasteiger partial charge on any atom is -0.469 e. The number of ether oxygens (including phenoxy) is 1. The van der Waals surface area contributed by atoms with E-state index in [-0.39, 0.29) is 30.5 Å². The van der Waals surface area contributed by atoms with Gasteiger partial charge >= 0.3 is 5.97 Å². The zero-order chi connectivity index (χ0) is 15.2. The SMILES string of the molecule is COC(=O)CCN(C)C(=O)c1cc(-c2ccccc2)on1. The minimum atomic E-state index is -0.361. The quantitative estimate of drug-likeness (QED) is 0.787. The number of benzene rings is 1. The van der Waals surface area contributed by atoms with Gasteiger partial charge in [-0.3, -0.25) is 9.59 Å². The number of amides is 1. The second-order valence-corrected chi connectivity index (χ2v) is 4.50. The molecule has 2 aromatic rings. The molecule has 1 aromatic carbocycles. The van der Waals surface area contributed by atoms with Crippen LogP contribution >= 0.6 is 0 Å². The average Bonchev–Trinajstić information content (AvgIpc) is 3.02. The van der Waals surface area contributed by atoms with Crippen LogP contribution in [0, 0.1) is 0 Å². The third-order valence-corrected chi connectivity index (χ3v) is 3.01. The van der Waals surface area contributed by atoms with Crippen LogP contribution in [0.25, 0.3) is 11.3 Å². The van der Waals surface area contributed by atoms with Crippen molar-refractivity contribution in [1.29, 1.82) is 0 Å². The summed E-state index contributed by atoms with van der Waals surface area (Å²) in [5.41, 5.74) is 1.06. The maximum absolute atomic E-state index is 12.1. The molecule has 0 fully saturated rings. The van der Waals surface area contributed by atoms with Gasteiger partial charge in [0.15, 0.2) is 11.5 Å². The fourth-order valence-corrected chi connectivity index (χ4v) is 1.77. The summed E-state index contributed by atoms with van der Waals surface area (Å²) in [5, 5.41) is 3.78. The smallest absolute Gasteiger partial charge is 0.307 e. The summed E-state index contributed by atoms with van der Waals surface area (Å²) < 4.78 is 9.72. The Morgan fingerprint density at radius 2 is 2.00 bits per heavy atom. The Morgan fingerprint density at radius 1 is 1.29 bits per heavy atom. The molecular weight excluding hydrogens is 272 g/mol. The standard InChI is InChI=1S/C15H16N2O4/c1-17(9-8-14(18)20-2)15(19)12-10-13(21-16-12)11-6-4-3-5-7-11/h3-7,10H,8-9H2,1-2H3. The van der Waals surface area contributed by atoms with E-state index in [4.69, 9.17) is 4.52 Å². The van der Waals surface area contributed by atoms with E-state index in [2.05, 4.69) is 9.89 Å². The summed E-state index contributed by atoms with van der Waals surface area (Å²) in [4.78, 5) is 24.6. The molecule has 1 heterocycles. The number of nitrogens with zero attached hydrogens (tertiary/aromatic N) is 2. The first-order chi connectivity index (χ1) is 10.1. The Balaban J connectivity index is 2.03. The second-order valence-electron chi connectivity index (χ2n) is 4.50. The number of hydrogen-bond acceptors (Lipinski definition) is 5. The maximum Gasteiger partial charge on any atom is 0.307 e. The average molecular weight is 288 g/mol. The third-order valence-electron chi connectivity index (χ3n) is 3.01. The van der Waals surface area contributed by atoms with E-state index in [0.717, 1.165) is 5.56 Å². The number of hydrogen-bond donors (Lipinski definition) is 0. The molecule has 0 aliphatic rings. The summed E-state index contributed by atoms with van der Waals surface area (Å²) in [7, 11) is 2.91. The normalized spacial score (nSPS) is 10.2. The summed E-state index contributed by atoms with van der Waals surface area (Å²) >= 11 is 0. The van der Waals surface area contributed by atoms with Gasteiger partial charge < -0.3 is 14.2 Å². The van der Waals surface area contributed by atoms with Gasteiger partial charge in [-0.1, -0.05) is 35.5 Å². The molecule has 0 atom stereocenters. The van der Waals surface area contributed by atoms with Gasteiger partial charge in [0, 0.05) is 25.2 Å². The van der Waals surface area contributed by atoms with E-state index in [9.17, 15) is 9.59 Å². The van der Waals surface area contributed by atoms with Gasteiger partial charge in [-0.25, -0.2) is 0 Å². The lowest BCUT2D eigenvalue weighted by Gasteiger charge is -2.14. The van der Waals surface area contributed by atoms with Gasteiger partial charge in [0.05, 0.1) is 13.5 Å². The summed E-state index contributed by atoms with van der Waals surface area (Å²) in [6.45, 7) is 0.263. The van der Waals surface area contributed by atoms with Gasteiger partial charge in [-0.15, -0.1) is 0 Å². The summed E-state index contributed by atoms with van der Waals surface area (Å²) in [5.74, 6) is -0.134. The van der Waals surface area contributed by atoms with E-state index in [1.54, 1.807) is 13.1 Å². The van der Waals surface area contributed by atoms with Crippen molar-refractivity contribution in [3.05, 3.63) is 42.1 Å². The Hall–Kier alpha value is -2.63. The van der Waals surface area contributed by atoms with Crippen molar-refractivity contribution in [1.82, 2.24) is 10.1 Å². The number of rotatable bonds is 5. The molecule has 0 unspecified atom stereocenters. The summed E-state index contributed by atoms with van der Waals surface area (Å²) in [6, 6.07) is 11.0. The topological polar surface area (TPSA) is 72.6 Å². The van der Waals surface area contributed by atoms with Gasteiger partial charge in [0.1, 0.15) is 0 Å². The van der Waals surface area contributed by atoms with Crippen molar-refractivity contribution in [3.8, 4) is 11.3 Å². The number of carbonyl (C=O) groups is 2. The van der Waals surface area contributed by atoms with Crippen LogP contribution < -0.4 is 0 Å². The van der Waals surface area contributed by atoms with Crippen molar-refractivity contribution < 1.29 is 18.8 Å². The first kappa shape index (κ1) is 14.8. The van der Waals surface area contributed by atoms with E-state index in [0.29, 0.717) is 5.76 Å². The molecule has 0 aliphatic heterocycles. The molecule has 0 saturated carbocycles. The molecule has 6 nitrogen and oxygen atoms in total. The molecule has 0 saturated heterocycles. The van der Waals surface area contributed by atoms with Crippen molar-refractivity contribution >= 4 is 11.9 Å². The molecular formula is C15H16N2O4. The monoisotopic (exact) mass is 288 g/mol. The predicted octanol–water partition coefficient (Wildman–Crippen LogP) is 1.98. The lowest BCUT2D eigenvalue weighted by atomic mass is 10.1. The number of esters is 1. The van der Waals surface area contributed by atoms with Crippen LogP contribution in [0.2, 0.25) is 0 Å². The van der Waals surface area contributed by atoms with E-state index in [1.807, 2.05) is 30.3 Å². The Labute approximate surface area is 122 Å². The first-order valence-electron chi connectivity index (χ1n) is 6.46. The van der Waals surface area contributed by atoms with Crippen molar-refractivity contribution in [2.45, 2.75) is 6.42 Å². The maximum atomic E-state index is 12.1. The Morgan fingerprint density at radius 3 is 2.67 bits per heavy atom. The zero-order valence-corrected chi connectivity index (χ0v) is 11.9. The fraction of sp³-hybridized carbons (Fsp3) is 0.267. The number of carbonyl (C=O) groups excluding carboxylic acids is 2. The zero-order valence-electron chi connectivity index (χ0n) is 11.9. The molecule has 21 heavy (non-hydrogen) atoms. The van der Waals surface area contributed by atoms with Crippen LogP contribution in [0.4, 0.5) is 0 Å². The lowest BCUT2D eigenvalue weighted by molar-refractivity contribution is -0.140. The van der Waals surface area contributed by atoms with Crippen LogP contribution in [0.5, 0.6) is 0 Å². The highest BCUT2D eigenvalue weighted by molar-refractivity contribution is 5.93. The van der Waals surface area contributed by atoms with E-state index < -0.39 is 0 Å². The van der Waals surface area contributed by atoms with Gasteiger partial charge in [-0.2, -0.15) is 0 Å². The van der Waals surface area contributed by atoms with Crippen LogP contribution in [0.1, 0.15) is 16.9 Å². The molecule has 0 radical (unpaired) electrons. The number of aromatic nitrogens is 1. The third kappa shape index (κ3) is 3.68. The van der Waals surface area contributed by atoms with Crippen LogP contribution in [-0.2, 0) is 9.53 Å². The Kier molecular flexibility index (Phi) is 4.71.